The van der Waals surface area contributed by atoms with Crippen LogP contribution in [0.1, 0.15) is 25.3 Å². The highest BCUT2D eigenvalue weighted by Gasteiger charge is 2.26. The number of piperidine rings is 1. The molecule has 160 valence electrons. The lowest BCUT2D eigenvalue weighted by Crippen LogP contribution is -2.38. The summed E-state index contributed by atoms with van der Waals surface area (Å²) in [7, 11) is 0. The van der Waals surface area contributed by atoms with E-state index in [1.807, 2.05) is 43.3 Å². The van der Waals surface area contributed by atoms with Crippen molar-refractivity contribution in [3.8, 4) is 17.0 Å². The fraction of sp³-hybridized carbons (Fsp3) is 0.320. The molecule has 4 rings (SSSR count). The summed E-state index contributed by atoms with van der Waals surface area (Å²) in [5.41, 5.74) is 3.94. The molecule has 1 fully saturated rings. The molecule has 0 saturated carbocycles. The van der Waals surface area contributed by atoms with Gasteiger partial charge < -0.3 is 15.0 Å². The number of hydrogen-bond acceptors (Lipinski definition) is 5. The van der Waals surface area contributed by atoms with Crippen molar-refractivity contribution in [3.05, 3.63) is 66.5 Å². The molecule has 1 aromatic heterocycles. The first-order valence-electron chi connectivity index (χ1n) is 10.8. The lowest BCUT2D eigenvalue weighted by molar-refractivity contribution is -0.120. The third-order valence-electron chi connectivity index (χ3n) is 5.60. The number of amides is 1. The highest BCUT2D eigenvalue weighted by atomic mass is 16.5. The molecule has 0 bridgehead atoms. The molecule has 0 radical (unpaired) electrons. The number of aromatic nitrogens is 2. The number of hydrogen-bond donors (Lipinski definition) is 1. The van der Waals surface area contributed by atoms with Crippen LogP contribution in [0.4, 0.5) is 11.5 Å². The van der Waals surface area contributed by atoms with Gasteiger partial charge in [0.1, 0.15) is 17.9 Å². The van der Waals surface area contributed by atoms with E-state index < -0.39 is 0 Å². The number of rotatable bonds is 6. The summed E-state index contributed by atoms with van der Waals surface area (Å²) in [4.78, 5) is 24.0. The van der Waals surface area contributed by atoms with Gasteiger partial charge in [-0.05, 0) is 44.9 Å². The summed E-state index contributed by atoms with van der Waals surface area (Å²) in [5.74, 6) is 1.64. The number of carbonyl (C=O) groups is 1. The standard InChI is InChI=1S/C25H28N4O2/c1-3-31-23-10-5-4-9-21(23)28-25(30)19-11-13-29(14-12-19)24-16-22(26-17-27-24)20-8-6-7-18(2)15-20/h4-10,15-17,19H,3,11-14H2,1-2H3,(H,28,30). The average Bonchev–Trinajstić information content (AvgIpc) is 2.81. The summed E-state index contributed by atoms with van der Waals surface area (Å²) in [6.45, 7) is 6.15. The van der Waals surface area contributed by atoms with Gasteiger partial charge in [0.15, 0.2) is 0 Å². The van der Waals surface area contributed by atoms with Crippen molar-refractivity contribution in [3.63, 3.8) is 0 Å². The number of aryl methyl sites for hydroxylation is 1. The number of ether oxygens (including phenoxy) is 1. The van der Waals surface area contributed by atoms with Crippen LogP contribution in [-0.4, -0.2) is 35.6 Å². The van der Waals surface area contributed by atoms with E-state index in [-0.39, 0.29) is 11.8 Å². The minimum absolute atomic E-state index is 0.0241. The number of para-hydroxylation sites is 2. The molecule has 1 amide bonds. The van der Waals surface area contributed by atoms with E-state index in [0.717, 1.165) is 48.7 Å². The molecule has 3 aromatic rings. The van der Waals surface area contributed by atoms with Gasteiger partial charge in [-0.2, -0.15) is 0 Å². The Labute approximate surface area is 183 Å². The molecule has 1 aliphatic heterocycles. The summed E-state index contributed by atoms with van der Waals surface area (Å²) in [6.07, 6.45) is 3.19. The average molecular weight is 417 g/mol. The second-order valence-corrected chi connectivity index (χ2v) is 7.81. The molecular formula is C25H28N4O2. The Hall–Kier alpha value is -3.41. The van der Waals surface area contributed by atoms with Crippen LogP contribution >= 0.6 is 0 Å². The van der Waals surface area contributed by atoms with Gasteiger partial charge in [0.25, 0.3) is 0 Å². The van der Waals surface area contributed by atoms with E-state index in [1.54, 1.807) is 6.33 Å². The van der Waals surface area contributed by atoms with Gasteiger partial charge in [0, 0.05) is 30.6 Å². The molecule has 1 N–H and O–H groups in total. The van der Waals surface area contributed by atoms with Crippen LogP contribution in [0.25, 0.3) is 11.3 Å². The number of nitrogens with one attached hydrogen (secondary N) is 1. The molecule has 2 heterocycles. The van der Waals surface area contributed by atoms with Crippen LogP contribution in [0.5, 0.6) is 5.75 Å². The smallest absolute Gasteiger partial charge is 0.227 e. The van der Waals surface area contributed by atoms with E-state index in [2.05, 4.69) is 45.3 Å². The first-order chi connectivity index (χ1) is 15.1. The molecule has 1 saturated heterocycles. The second-order valence-electron chi connectivity index (χ2n) is 7.81. The Balaban J connectivity index is 1.39. The van der Waals surface area contributed by atoms with Crippen LogP contribution in [0.2, 0.25) is 0 Å². The van der Waals surface area contributed by atoms with Gasteiger partial charge in [-0.15, -0.1) is 0 Å². The number of carbonyl (C=O) groups excluding carboxylic acids is 1. The Morgan fingerprint density at radius 3 is 2.68 bits per heavy atom. The van der Waals surface area contributed by atoms with Gasteiger partial charge >= 0.3 is 0 Å². The van der Waals surface area contributed by atoms with Gasteiger partial charge in [0.2, 0.25) is 5.91 Å². The maximum Gasteiger partial charge on any atom is 0.227 e. The van der Waals surface area contributed by atoms with Gasteiger partial charge in [-0.1, -0.05) is 35.9 Å². The lowest BCUT2D eigenvalue weighted by atomic mass is 9.95. The fourth-order valence-electron chi connectivity index (χ4n) is 3.94. The number of nitrogens with zero attached hydrogens (tertiary/aromatic N) is 3. The molecule has 0 spiro atoms. The molecule has 31 heavy (non-hydrogen) atoms. The summed E-state index contributed by atoms with van der Waals surface area (Å²) < 4.78 is 5.62. The highest BCUT2D eigenvalue weighted by Crippen LogP contribution is 2.28. The van der Waals surface area contributed by atoms with E-state index in [9.17, 15) is 4.79 Å². The zero-order valence-electron chi connectivity index (χ0n) is 18.0. The number of benzene rings is 2. The molecular weight excluding hydrogens is 388 g/mol. The van der Waals surface area contributed by atoms with Crippen molar-refractivity contribution in [2.45, 2.75) is 26.7 Å². The van der Waals surface area contributed by atoms with Crippen LogP contribution in [0.15, 0.2) is 60.9 Å². The minimum atomic E-state index is -0.0241. The van der Waals surface area contributed by atoms with Crippen molar-refractivity contribution in [2.24, 2.45) is 5.92 Å². The van der Waals surface area contributed by atoms with Crippen LogP contribution in [0.3, 0.4) is 0 Å². The van der Waals surface area contributed by atoms with E-state index >= 15 is 0 Å². The monoisotopic (exact) mass is 416 g/mol. The minimum Gasteiger partial charge on any atom is -0.492 e. The van der Waals surface area contributed by atoms with Crippen molar-refractivity contribution in [1.29, 1.82) is 0 Å². The molecule has 0 atom stereocenters. The SMILES string of the molecule is CCOc1ccccc1NC(=O)C1CCN(c2cc(-c3cccc(C)c3)ncn2)CC1. The molecule has 6 nitrogen and oxygen atoms in total. The quantitative estimate of drug-likeness (QED) is 0.631. The van der Waals surface area contributed by atoms with Gasteiger partial charge in [-0.25, -0.2) is 9.97 Å². The first kappa shape index (κ1) is 20.8. The third-order valence-corrected chi connectivity index (χ3v) is 5.60. The van der Waals surface area contributed by atoms with Crippen LogP contribution in [-0.2, 0) is 4.79 Å². The number of anilines is 2. The van der Waals surface area contributed by atoms with E-state index in [1.165, 1.54) is 5.56 Å². The third kappa shape index (κ3) is 5.02. The van der Waals surface area contributed by atoms with Crippen molar-refractivity contribution in [1.82, 2.24) is 9.97 Å². The van der Waals surface area contributed by atoms with E-state index in [4.69, 9.17) is 4.74 Å². The largest absolute Gasteiger partial charge is 0.492 e. The zero-order valence-corrected chi connectivity index (χ0v) is 18.0. The fourth-order valence-corrected chi connectivity index (χ4v) is 3.94. The Bertz CT molecular complexity index is 1040. The lowest BCUT2D eigenvalue weighted by Gasteiger charge is -2.32. The van der Waals surface area contributed by atoms with Crippen molar-refractivity contribution >= 4 is 17.4 Å². The normalized spacial score (nSPS) is 14.3. The molecule has 0 unspecified atom stereocenters. The Kier molecular flexibility index (Phi) is 6.46. The summed E-state index contributed by atoms with van der Waals surface area (Å²) in [6, 6.07) is 17.9. The van der Waals surface area contributed by atoms with Gasteiger partial charge in [-0.3, -0.25) is 4.79 Å². The molecule has 0 aliphatic carbocycles. The topological polar surface area (TPSA) is 67.3 Å². The van der Waals surface area contributed by atoms with E-state index in [0.29, 0.717) is 12.4 Å². The highest BCUT2D eigenvalue weighted by molar-refractivity contribution is 5.94. The maximum absolute atomic E-state index is 12.8. The predicted octanol–water partition coefficient (Wildman–Crippen LogP) is 4.71. The van der Waals surface area contributed by atoms with Gasteiger partial charge in [0.05, 0.1) is 18.0 Å². The first-order valence-corrected chi connectivity index (χ1v) is 10.8. The molecule has 6 heteroatoms. The maximum atomic E-state index is 12.8. The molecule has 2 aromatic carbocycles. The van der Waals surface area contributed by atoms with Crippen LogP contribution < -0.4 is 15.0 Å². The van der Waals surface area contributed by atoms with Crippen molar-refractivity contribution in [2.75, 3.05) is 29.9 Å². The van der Waals surface area contributed by atoms with Crippen LogP contribution in [0, 0.1) is 12.8 Å². The molecule has 1 aliphatic rings. The second kappa shape index (κ2) is 9.60. The summed E-state index contributed by atoms with van der Waals surface area (Å²) in [5, 5.41) is 3.05. The Morgan fingerprint density at radius 2 is 1.90 bits per heavy atom. The summed E-state index contributed by atoms with van der Waals surface area (Å²) >= 11 is 0. The predicted molar refractivity (Wildman–Crippen MR) is 123 cm³/mol. The Morgan fingerprint density at radius 1 is 1.10 bits per heavy atom. The zero-order chi connectivity index (χ0) is 21.6. The van der Waals surface area contributed by atoms with Crippen molar-refractivity contribution < 1.29 is 9.53 Å².